The molecule has 0 radical (unpaired) electrons. The van der Waals surface area contributed by atoms with Gasteiger partial charge in [0.25, 0.3) is 0 Å². The van der Waals surface area contributed by atoms with Crippen molar-refractivity contribution in [2.24, 2.45) is 0 Å². The minimum Gasteiger partial charge on any atom is -0.495 e. The predicted octanol–water partition coefficient (Wildman–Crippen LogP) is 1.48. The van der Waals surface area contributed by atoms with Crippen LogP contribution in [0.25, 0.3) is 0 Å². The summed E-state index contributed by atoms with van der Waals surface area (Å²) in [4.78, 5) is 13.4. The average Bonchev–Trinajstić information content (AvgIpc) is 2.32. The van der Waals surface area contributed by atoms with Crippen LogP contribution < -0.4 is 4.74 Å². The Morgan fingerprint density at radius 3 is 2.83 bits per heavy atom. The van der Waals surface area contributed by atoms with E-state index in [-0.39, 0.29) is 12.0 Å². The van der Waals surface area contributed by atoms with Crippen molar-refractivity contribution in [1.82, 2.24) is 4.90 Å². The van der Waals surface area contributed by atoms with E-state index < -0.39 is 0 Å². The molecule has 1 aromatic rings. The van der Waals surface area contributed by atoms with Gasteiger partial charge in [-0.25, -0.2) is 0 Å². The van der Waals surface area contributed by atoms with E-state index in [1.807, 2.05) is 12.1 Å². The number of aliphatic hydroxyl groups excluding tert-OH is 1. The van der Waals surface area contributed by atoms with Crippen molar-refractivity contribution in [3.63, 3.8) is 0 Å². The van der Waals surface area contributed by atoms with Gasteiger partial charge in [0.15, 0.2) is 0 Å². The first-order valence-electron chi connectivity index (χ1n) is 5.88. The molecule has 0 atom stereocenters. The Morgan fingerprint density at radius 1 is 1.56 bits per heavy atom. The summed E-state index contributed by atoms with van der Waals surface area (Å²) in [6.45, 7) is 0.921. The van der Waals surface area contributed by atoms with Crippen LogP contribution in [0, 0.1) is 0 Å². The van der Waals surface area contributed by atoms with Gasteiger partial charge in [0.1, 0.15) is 5.75 Å². The molecule has 1 N–H and O–H groups in total. The van der Waals surface area contributed by atoms with E-state index in [9.17, 15) is 4.79 Å². The summed E-state index contributed by atoms with van der Waals surface area (Å²) in [7, 11) is 1.57. The molecule has 4 nitrogen and oxygen atoms in total. The van der Waals surface area contributed by atoms with Crippen molar-refractivity contribution in [2.75, 3.05) is 20.2 Å². The molecule has 2 rings (SSSR count). The van der Waals surface area contributed by atoms with Crippen LogP contribution in [0.4, 0.5) is 0 Å². The molecule has 1 amide bonds. The number of amides is 1. The zero-order chi connectivity index (χ0) is 13.1. The molecule has 0 bridgehead atoms. The van der Waals surface area contributed by atoms with Crippen LogP contribution in [-0.2, 0) is 11.2 Å². The molecule has 98 valence electrons. The Balaban J connectivity index is 1.86. The van der Waals surface area contributed by atoms with E-state index >= 15 is 0 Å². The van der Waals surface area contributed by atoms with Gasteiger partial charge in [-0.1, -0.05) is 17.7 Å². The Labute approximate surface area is 111 Å². The van der Waals surface area contributed by atoms with Crippen molar-refractivity contribution in [2.45, 2.75) is 18.9 Å². The Hall–Kier alpha value is -1.26. The van der Waals surface area contributed by atoms with E-state index in [0.29, 0.717) is 36.7 Å². The fourth-order valence-corrected chi connectivity index (χ4v) is 2.21. The fraction of sp³-hybridized carbons (Fsp3) is 0.462. The van der Waals surface area contributed by atoms with E-state index in [1.165, 1.54) is 0 Å². The molecule has 0 unspecified atom stereocenters. The zero-order valence-corrected chi connectivity index (χ0v) is 11.0. The summed E-state index contributed by atoms with van der Waals surface area (Å²) in [6, 6.07) is 5.52. The van der Waals surface area contributed by atoms with Crippen molar-refractivity contribution >= 4 is 17.5 Å². The number of β-amino-alcohol motifs (C(OH)–C–C–N with tert-alkyl or cyclic N) is 1. The first kappa shape index (κ1) is 13.2. The van der Waals surface area contributed by atoms with Gasteiger partial charge in [0, 0.05) is 19.5 Å². The minimum atomic E-state index is -0.343. The van der Waals surface area contributed by atoms with E-state index in [1.54, 1.807) is 18.1 Å². The van der Waals surface area contributed by atoms with Gasteiger partial charge in [-0.2, -0.15) is 0 Å². The lowest BCUT2D eigenvalue weighted by atomic mass is 10.1. The molecular weight excluding hydrogens is 254 g/mol. The molecule has 0 aromatic heterocycles. The second-order valence-electron chi connectivity index (χ2n) is 4.42. The van der Waals surface area contributed by atoms with Gasteiger partial charge in [-0.15, -0.1) is 0 Å². The number of benzene rings is 1. The molecule has 5 heteroatoms. The minimum absolute atomic E-state index is 0.0761. The van der Waals surface area contributed by atoms with Crippen molar-refractivity contribution in [3.05, 3.63) is 28.8 Å². The summed E-state index contributed by atoms with van der Waals surface area (Å²) in [6.07, 6.45) is 0.745. The maximum atomic E-state index is 11.7. The van der Waals surface area contributed by atoms with Crippen molar-refractivity contribution in [1.29, 1.82) is 0 Å². The molecule has 1 aliphatic rings. The zero-order valence-electron chi connectivity index (χ0n) is 10.2. The van der Waals surface area contributed by atoms with Crippen molar-refractivity contribution < 1.29 is 14.6 Å². The Morgan fingerprint density at radius 2 is 2.28 bits per heavy atom. The lowest BCUT2D eigenvalue weighted by Gasteiger charge is -2.35. The number of methoxy groups -OCH3 is 1. The number of ether oxygens (including phenoxy) is 1. The highest BCUT2D eigenvalue weighted by molar-refractivity contribution is 6.32. The number of carbonyl (C=O) groups is 1. The number of hydrogen-bond acceptors (Lipinski definition) is 3. The van der Waals surface area contributed by atoms with Crippen LogP contribution in [0.3, 0.4) is 0 Å². The maximum Gasteiger partial charge on any atom is 0.223 e. The number of aliphatic hydroxyl groups is 1. The molecule has 0 aliphatic carbocycles. The Kier molecular flexibility index (Phi) is 4.09. The number of nitrogens with zero attached hydrogens (tertiary/aromatic N) is 1. The Bertz CT molecular complexity index is 444. The summed E-state index contributed by atoms with van der Waals surface area (Å²) in [5.41, 5.74) is 1.01. The summed E-state index contributed by atoms with van der Waals surface area (Å²) in [5, 5.41) is 9.68. The SMILES string of the molecule is COc1ccc(CCC(=O)N2CC(O)C2)cc1Cl. The van der Waals surface area contributed by atoms with Crippen molar-refractivity contribution in [3.8, 4) is 5.75 Å². The van der Waals surface area contributed by atoms with Gasteiger partial charge >= 0.3 is 0 Å². The molecule has 1 saturated heterocycles. The van der Waals surface area contributed by atoms with Gasteiger partial charge in [-0.05, 0) is 24.1 Å². The standard InChI is InChI=1S/C13H16ClNO3/c1-18-12-4-2-9(6-11(12)14)3-5-13(17)15-7-10(16)8-15/h2,4,6,10,16H,3,5,7-8H2,1H3. The highest BCUT2D eigenvalue weighted by Gasteiger charge is 2.28. The largest absolute Gasteiger partial charge is 0.495 e. The molecule has 18 heavy (non-hydrogen) atoms. The molecule has 0 saturated carbocycles. The number of hydrogen-bond donors (Lipinski definition) is 1. The first-order valence-corrected chi connectivity index (χ1v) is 6.26. The topological polar surface area (TPSA) is 49.8 Å². The van der Waals surface area contributed by atoms with Gasteiger partial charge in [0.05, 0.1) is 18.2 Å². The molecule has 1 aromatic carbocycles. The summed E-state index contributed by atoms with van der Waals surface area (Å²) < 4.78 is 5.07. The maximum absolute atomic E-state index is 11.7. The quantitative estimate of drug-likeness (QED) is 0.901. The molecule has 1 heterocycles. The van der Waals surface area contributed by atoms with Gasteiger partial charge < -0.3 is 14.7 Å². The number of carbonyl (C=O) groups excluding carboxylic acids is 1. The van der Waals surface area contributed by atoms with E-state index in [4.69, 9.17) is 21.4 Å². The second kappa shape index (κ2) is 5.59. The van der Waals surface area contributed by atoms with E-state index in [0.717, 1.165) is 5.56 Å². The lowest BCUT2D eigenvalue weighted by Crippen LogP contribution is -2.53. The normalized spacial score (nSPS) is 15.4. The summed E-state index contributed by atoms with van der Waals surface area (Å²) in [5.74, 6) is 0.713. The second-order valence-corrected chi connectivity index (χ2v) is 4.83. The van der Waals surface area contributed by atoms with Crippen LogP contribution in [0.15, 0.2) is 18.2 Å². The molecular formula is C13H16ClNO3. The van der Waals surface area contributed by atoms with Crippen LogP contribution in [0.2, 0.25) is 5.02 Å². The third-order valence-electron chi connectivity index (χ3n) is 3.06. The first-order chi connectivity index (χ1) is 8.60. The monoisotopic (exact) mass is 269 g/mol. The highest BCUT2D eigenvalue weighted by atomic mass is 35.5. The lowest BCUT2D eigenvalue weighted by molar-refractivity contribution is -0.141. The van der Waals surface area contributed by atoms with Crippen LogP contribution in [-0.4, -0.2) is 42.2 Å². The average molecular weight is 270 g/mol. The third kappa shape index (κ3) is 2.94. The van der Waals surface area contributed by atoms with E-state index in [2.05, 4.69) is 0 Å². The third-order valence-corrected chi connectivity index (χ3v) is 3.35. The predicted molar refractivity (Wildman–Crippen MR) is 68.9 cm³/mol. The fourth-order valence-electron chi connectivity index (χ4n) is 1.93. The number of aryl methyl sites for hydroxylation is 1. The number of rotatable bonds is 4. The van der Waals surface area contributed by atoms with Crippen LogP contribution in [0.5, 0.6) is 5.75 Å². The smallest absolute Gasteiger partial charge is 0.223 e. The molecule has 1 aliphatic heterocycles. The number of halogens is 1. The molecule has 0 spiro atoms. The number of likely N-dealkylation sites (tertiary alicyclic amines) is 1. The van der Waals surface area contributed by atoms with Crippen LogP contribution >= 0.6 is 11.6 Å². The van der Waals surface area contributed by atoms with Crippen LogP contribution in [0.1, 0.15) is 12.0 Å². The molecule has 1 fully saturated rings. The van der Waals surface area contributed by atoms with Gasteiger partial charge in [0.2, 0.25) is 5.91 Å². The highest BCUT2D eigenvalue weighted by Crippen LogP contribution is 2.25. The van der Waals surface area contributed by atoms with Gasteiger partial charge in [-0.3, -0.25) is 4.79 Å². The summed E-state index contributed by atoms with van der Waals surface area (Å²) >= 11 is 6.01.